The van der Waals surface area contributed by atoms with Gasteiger partial charge in [-0.15, -0.1) is 0 Å². The third-order valence-electron chi connectivity index (χ3n) is 2.10. The molecule has 2 rings (SSSR count). The largest absolute Gasteiger partial charge is 0.390 e. The summed E-state index contributed by atoms with van der Waals surface area (Å²) in [7, 11) is 1.84. The third-order valence-corrected chi connectivity index (χ3v) is 2.10. The lowest BCUT2D eigenvalue weighted by Crippen LogP contribution is -2.17. The Bertz CT molecular complexity index is 482. The van der Waals surface area contributed by atoms with Gasteiger partial charge in [0.05, 0.1) is 12.2 Å². The first-order chi connectivity index (χ1) is 7.65. The van der Waals surface area contributed by atoms with Gasteiger partial charge in [0, 0.05) is 12.7 Å². The van der Waals surface area contributed by atoms with E-state index in [4.69, 9.17) is 10.2 Å². The van der Waals surface area contributed by atoms with Crippen molar-refractivity contribution in [2.24, 2.45) is 0 Å². The van der Waals surface area contributed by atoms with Crippen molar-refractivity contribution in [2.75, 3.05) is 17.7 Å². The third kappa shape index (κ3) is 2.28. The summed E-state index contributed by atoms with van der Waals surface area (Å²) in [4.78, 5) is 6.18. The first-order valence-corrected chi connectivity index (χ1v) is 4.88. The molecule has 84 valence electrons. The van der Waals surface area contributed by atoms with E-state index in [1.807, 2.05) is 32.2 Å². The number of anilines is 2. The van der Waals surface area contributed by atoms with Gasteiger partial charge >= 0.3 is 12.0 Å². The van der Waals surface area contributed by atoms with E-state index in [9.17, 15) is 0 Å². The normalized spacial score (nSPS) is 10.4. The Kier molecular flexibility index (Phi) is 2.72. The molecule has 6 heteroatoms. The zero-order chi connectivity index (χ0) is 11.5. The second-order valence-corrected chi connectivity index (χ2v) is 3.55. The van der Waals surface area contributed by atoms with Gasteiger partial charge in [0.2, 0.25) is 0 Å². The molecule has 0 aliphatic rings. The van der Waals surface area contributed by atoms with Crippen LogP contribution < -0.4 is 10.6 Å². The van der Waals surface area contributed by atoms with Crippen LogP contribution in [0.15, 0.2) is 22.6 Å². The van der Waals surface area contributed by atoms with Crippen LogP contribution in [0.4, 0.5) is 12.0 Å². The molecule has 0 spiro atoms. The second-order valence-electron chi connectivity index (χ2n) is 3.55. The van der Waals surface area contributed by atoms with Crippen LogP contribution in [0.1, 0.15) is 11.4 Å². The number of aryl methyl sites for hydroxylation is 1. The van der Waals surface area contributed by atoms with E-state index in [1.54, 1.807) is 4.90 Å². The molecule has 0 radical (unpaired) electrons. The molecule has 0 amide bonds. The molecule has 0 aliphatic carbocycles. The fraction of sp³-hybridized carbons (Fsp3) is 0.300. The van der Waals surface area contributed by atoms with Gasteiger partial charge in [-0.05, 0) is 19.1 Å². The van der Waals surface area contributed by atoms with Crippen LogP contribution >= 0.6 is 0 Å². The Labute approximate surface area is 93.1 Å². The van der Waals surface area contributed by atoms with Gasteiger partial charge in [-0.1, -0.05) is 16.3 Å². The SMILES string of the molecule is Cc1cccc(CN(C)c2nnc(N)o2)n1. The number of nitrogens with zero attached hydrogens (tertiary/aromatic N) is 4. The highest BCUT2D eigenvalue weighted by atomic mass is 16.4. The minimum atomic E-state index is 0.0686. The number of hydrogen-bond acceptors (Lipinski definition) is 6. The first kappa shape index (κ1) is 10.4. The van der Waals surface area contributed by atoms with Crippen LogP contribution in [0.2, 0.25) is 0 Å². The summed E-state index contributed by atoms with van der Waals surface area (Å²) < 4.78 is 5.10. The molecule has 2 aromatic heterocycles. The molecule has 0 bridgehead atoms. The van der Waals surface area contributed by atoms with E-state index in [2.05, 4.69) is 15.2 Å². The van der Waals surface area contributed by atoms with E-state index < -0.39 is 0 Å². The summed E-state index contributed by atoms with van der Waals surface area (Å²) in [5.41, 5.74) is 7.28. The smallest absolute Gasteiger partial charge is 0.319 e. The molecule has 0 saturated heterocycles. The number of hydrogen-bond donors (Lipinski definition) is 1. The zero-order valence-electron chi connectivity index (χ0n) is 9.21. The summed E-state index contributed by atoms with van der Waals surface area (Å²) in [5, 5.41) is 7.39. The van der Waals surface area contributed by atoms with E-state index in [1.165, 1.54) is 0 Å². The molecule has 2 aromatic rings. The Balaban J connectivity index is 2.10. The fourth-order valence-corrected chi connectivity index (χ4v) is 1.38. The van der Waals surface area contributed by atoms with Crippen molar-refractivity contribution in [1.29, 1.82) is 0 Å². The quantitative estimate of drug-likeness (QED) is 0.829. The van der Waals surface area contributed by atoms with Gasteiger partial charge < -0.3 is 15.1 Å². The Morgan fingerprint density at radius 1 is 1.38 bits per heavy atom. The standard InChI is InChI=1S/C10H13N5O/c1-7-4-3-5-8(12-7)6-15(2)10-14-13-9(11)16-10/h3-5H,6H2,1-2H3,(H2,11,13). The van der Waals surface area contributed by atoms with E-state index in [-0.39, 0.29) is 6.01 Å². The Hall–Kier alpha value is -2.11. The van der Waals surface area contributed by atoms with E-state index in [0.717, 1.165) is 11.4 Å². The van der Waals surface area contributed by atoms with Gasteiger partial charge in [0.25, 0.3) is 0 Å². The van der Waals surface area contributed by atoms with Crippen LogP contribution in [0, 0.1) is 6.92 Å². The van der Waals surface area contributed by atoms with E-state index in [0.29, 0.717) is 12.6 Å². The molecule has 2 heterocycles. The lowest BCUT2D eigenvalue weighted by atomic mass is 10.3. The van der Waals surface area contributed by atoms with Crippen LogP contribution in [-0.2, 0) is 6.54 Å². The molecule has 0 fully saturated rings. The van der Waals surface area contributed by atoms with Gasteiger partial charge in [-0.25, -0.2) is 0 Å². The maximum atomic E-state index is 5.35. The van der Waals surface area contributed by atoms with Crippen molar-refractivity contribution in [3.05, 3.63) is 29.6 Å². The maximum absolute atomic E-state index is 5.35. The number of pyridine rings is 1. The summed E-state index contributed by atoms with van der Waals surface area (Å²) in [6.45, 7) is 2.55. The maximum Gasteiger partial charge on any atom is 0.319 e. The van der Waals surface area contributed by atoms with Crippen molar-refractivity contribution in [3.8, 4) is 0 Å². The van der Waals surface area contributed by atoms with Crippen LogP contribution in [0.3, 0.4) is 0 Å². The molecule has 0 unspecified atom stereocenters. The van der Waals surface area contributed by atoms with Gasteiger partial charge in [-0.3, -0.25) is 4.98 Å². The molecule has 16 heavy (non-hydrogen) atoms. The first-order valence-electron chi connectivity index (χ1n) is 4.88. The van der Waals surface area contributed by atoms with Crippen molar-refractivity contribution in [1.82, 2.24) is 15.2 Å². The molecule has 0 saturated carbocycles. The van der Waals surface area contributed by atoms with Crippen molar-refractivity contribution in [3.63, 3.8) is 0 Å². The molecule has 2 N–H and O–H groups in total. The van der Waals surface area contributed by atoms with E-state index >= 15 is 0 Å². The Morgan fingerprint density at radius 2 is 2.19 bits per heavy atom. The molecular weight excluding hydrogens is 206 g/mol. The highest BCUT2D eigenvalue weighted by molar-refractivity contribution is 5.27. The molecule has 0 atom stereocenters. The molecule has 6 nitrogen and oxygen atoms in total. The zero-order valence-corrected chi connectivity index (χ0v) is 9.21. The minimum Gasteiger partial charge on any atom is -0.390 e. The molecule has 0 aliphatic heterocycles. The Morgan fingerprint density at radius 3 is 2.81 bits per heavy atom. The number of nitrogen functional groups attached to an aromatic ring is 1. The lowest BCUT2D eigenvalue weighted by Gasteiger charge is -2.13. The average Bonchev–Trinajstić information content (AvgIpc) is 2.65. The predicted octanol–water partition coefficient (Wildman–Crippen LogP) is 0.992. The van der Waals surface area contributed by atoms with Crippen LogP contribution in [-0.4, -0.2) is 22.2 Å². The van der Waals surface area contributed by atoms with Gasteiger partial charge in [-0.2, -0.15) is 0 Å². The predicted molar refractivity (Wildman–Crippen MR) is 59.8 cm³/mol. The number of nitrogens with two attached hydrogens (primary N) is 1. The number of aromatic nitrogens is 3. The highest BCUT2D eigenvalue weighted by Gasteiger charge is 2.09. The van der Waals surface area contributed by atoms with Crippen molar-refractivity contribution < 1.29 is 4.42 Å². The minimum absolute atomic E-state index is 0.0686. The van der Waals surface area contributed by atoms with Crippen LogP contribution in [0.25, 0.3) is 0 Å². The fourth-order valence-electron chi connectivity index (χ4n) is 1.38. The van der Waals surface area contributed by atoms with Gasteiger partial charge in [0.15, 0.2) is 0 Å². The average molecular weight is 219 g/mol. The monoisotopic (exact) mass is 219 g/mol. The lowest BCUT2D eigenvalue weighted by molar-refractivity contribution is 0.558. The van der Waals surface area contributed by atoms with Crippen molar-refractivity contribution >= 4 is 12.0 Å². The summed E-state index contributed by atoms with van der Waals surface area (Å²) in [6, 6.07) is 6.32. The topological polar surface area (TPSA) is 81.1 Å². The summed E-state index contributed by atoms with van der Waals surface area (Å²) in [5.74, 6) is 0. The number of rotatable bonds is 3. The molecular formula is C10H13N5O. The van der Waals surface area contributed by atoms with Crippen LogP contribution in [0.5, 0.6) is 0 Å². The highest BCUT2D eigenvalue weighted by Crippen LogP contribution is 2.13. The molecule has 0 aromatic carbocycles. The van der Waals surface area contributed by atoms with Gasteiger partial charge in [0.1, 0.15) is 0 Å². The second kappa shape index (κ2) is 4.18. The van der Waals surface area contributed by atoms with Crippen molar-refractivity contribution in [2.45, 2.75) is 13.5 Å². The summed E-state index contributed by atoms with van der Waals surface area (Å²) in [6.07, 6.45) is 0. The summed E-state index contributed by atoms with van der Waals surface area (Å²) >= 11 is 0.